The Balaban J connectivity index is 1.77. The van der Waals surface area contributed by atoms with E-state index in [1.165, 1.54) is 11.6 Å². The molecule has 1 fully saturated rings. The summed E-state index contributed by atoms with van der Waals surface area (Å²) in [6.45, 7) is 4.19. The van der Waals surface area contributed by atoms with Crippen LogP contribution < -0.4 is 5.32 Å². The highest BCUT2D eigenvalue weighted by Gasteiger charge is 2.29. The van der Waals surface area contributed by atoms with Crippen molar-refractivity contribution < 1.29 is 4.79 Å². The molecular formula is C14H16ClNO. The summed E-state index contributed by atoms with van der Waals surface area (Å²) < 4.78 is 0. The topological polar surface area (TPSA) is 29.1 Å². The molecule has 3 heteroatoms. The van der Waals surface area contributed by atoms with Gasteiger partial charge in [-0.25, -0.2) is 0 Å². The molecule has 0 unspecified atom stereocenters. The van der Waals surface area contributed by atoms with E-state index in [9.17, 15) is 4.79 Å². The number of nitrogens with one attached hydrogen (secondary N) is 1. The van der Waals surface area contributed by atoms with Gasteiger partial charge in [0, 0.05) is 11.6 Å². The smallest absolute Gasteiger partial charge is 0.243 e. The summed E-state index contributed by atoms with van der Waals surface area (Å²) in [6.07, 6.45) is 3.59. The summed E-state index contributed by atoms with van der Waals surface area (Å²) in [4.78, 5) is 11.0. The van der Waals surface area contributed by atoms with E-state index in [4.69, 9.17) is 11.6 Å². The van der Waals surface area contributed by atoms with E-state index in [2.05, 4.69) is 24.0 Å². The van der Waals surface area contributed by atoms with Gasteiger partial charge in [0.25, 0.3) is 0 Å². The van der Waals surface area contributed by atoms with Crippen molar-refractivity contribution in [3.8, 4) is 0 Å². The first-order valence-corrected chi connectivity index (χ1v) is 6.22. The molecule has 0 bridgehead atoms. The third-order valence-corrected chi connectivity index (χ3v) is 3.58. The zero-order chi connectivity index (χ0) is 12.3. The Bertz CT molecular complexity index is 407. The van der Waals surface area contributed by atoms with E-state index in [-0.39, 0.29) is 5.91 Å². The quantitative estimate of drug-likeness (QED) is 0.817. The molecule has 90 valence electrons. The third-order valence-electron chi connectivity index (χ3n) is 3.33. The van der Waals surface area contributed by atoms with Crippen molar-refractivity contribution in [2.75, 3.05) is 6.54 Å². The van der Waals surface area contributed by atoms with Crippen molar-refractivity contribution in [2.24, 2.45) is 5.92 Å². The summed E-state index contributed by atoms with van der Waals surface area (Å²) in [6, 6.07) is 8.05. The molecule has 2 rings (SSSR count). The van der Waals surface area contributed by atoms with Crippen LogP contribution in [0.4, 0.5) is 0 Å². The number of halogens is 1. The SMILES string of the molecule is C=CC(=O)NCC1CC(c2ccc(Cl)cc2)C1. The van der Waals surface area contributed by atoms with Crippen LogP contribution in [0.3, 0.4) is 0 Å². The Kier molecular flexibility index (Phi) is 3.85. The Morgan fingerprint density at radius 2 is 2.06 bits per heavy atom. The zero-order valence-corrected chi connectivity index (χ0v) is 10.4. The van der Waals surface area contributed by atoms with Crippen molar-refractivity contribution in [1.82, 2.24) is 5.32 Å². The Hall–Kier alpha value is -1.28. The Labute approximate surface area is 107 Å². The monoisotopic (exact) mass is 249 g/mol. The highest BCUT2D eigenvalue weighted by atomic mass is 35.5. The normalized spacial score (nSPS) is 22.6. The van der Waals surface area contributed by atoms with Crippen LogP contribution in [-0.2, 0) is 4.79 Å². The van der Waals surface area contributed by atoms with Gasteiger partial charge in [0.15, 0.2) is 0 Å². The number of rotatable bonds is 4. The number of benzene rings is 1. The minimum Gasteiger partial charge on any atom is -0.352 e. The van der Waals surface area contributed by atoms with Crippen LogP contribution in [0.15, 0.2) is 36.9 Å². The molecule has 0 atom stereocenters. The van der Waals surface area contributed by atoms with Gasteiger partial charge in [-0.3, -0.25) is 4.79 Å². The predicted octanol–water partition coefficient (Wildman–Crippen LogP) is 3.14. The molecule has 1 amide bonds. The average molecular weight is 250 g/mol. The van der Waals surface area contributed by atoms with Crippen molar-refractivity contribution in [3.05, 3.63) is 47.5 Å². The van der Waals surface area contributed by atoms with E-state index >= 15 is 0 Å². The van der Waals surface area contributed by atoms with Crippen molar-refractivity contribution in [3.63, 3.8) is 0 Å². The van der Waals surface area contributed by atoms with Crippen LogP contribution in [0.1, 0.15) is 24.3 Å². The van der Waals surface area contributed by atoms with Gasteiger partial charge in [-0.15, -0.1) is 0 Å². The van der Waals surface area contributed by atoms with Crippen molar-refractivity contribution in [1.29, 1.82) is 0 Å². The van der Waals surface area contributed by atoms with Crippen molar-refractivity contribution in [2.45, 2.75) is 18.8 Å². The van der Waals surface area contributed by atoms with Gasteiger partial charge in [-0.1, -0.05) is 30.3 Å². The van der Waals surface area contributed by atoms with Crippen LogP contribution in [0.5, 0.6) is 0 Å². The number of carbonyl (C=O) groups excluding carboxylic acids is 1. The fourth-order valence-electron chi connectivity index (χ4n) is 2.23. The highest BCUT2D eigenvalue weighted by molar-refractivity contribution is 6.30. The summed E-state index contributed by atoms with van der Waals surface area (Å²) >= 11 is 5.85. The van der Waals surface area contributed by atoms with Gasteiger partial charge in [-0.05, 0) is 48.4 Å². The lowest BCUT2D eigenvalue weighted by molar-refractivity contribution is -0.116. The van der Waals surface area contributed by atoms with E-state index in [0.29, 0.717) is 11.8 Å². The Morgan fingerprint density at radius 1 is 1.41 bits per heavy atom. The minimum absolute atomic E-state index is 0.0834. The van der Waals surface area contributed by atoms with Gasteiger partial charge in [-0.2, -0.15) is 0 Å². The van der Waals surface area contributed by atoms with Crippen LogP contribution in [-0.4, -0.2) is 12.5 Å². The molecule has 2 nitrogen and oxygen atoms in total. The average Bonchev–Trinajstić information content (AvgIpc) is 2.29. The first-order valence-electron chi connectivity index (χ1n) is 5.84. The molecule has 0 heterocycles. The lowest BCUT2D eigenvalue weighted by atomic mass is 9.71. The molecule has 1 saturated carbocycles. The predicted molar refractivity (Wildman–Crippen MR) is 70.1 cm³/mol. The van der Waals surface area contributed by atoms with E-state index < -0.39 is 0 Å². The second-order valence-electron chi connectivity index (χ2n) is 4.54. The summed E-state index contributed by atoms with van der Waals surface area (Å²) in [5.74, 6) is 1.14. The summed E-state index contributed by atoms with van der Waals surface area (Å²) in [7, 11) is 0. The van der Waals surface area contributed by atoms with Crippen LogP contribution >= 0.6 is 11.6 Å². The molecule has 0 aliphatic heterocycles. The maximum absolute atomic E-state index is 11.0. The first kappa shape index (κ1) is 12.2. The van der Waals surface area contributed by atoms with Gasteiger partial charge >= 0.3 is 0 Å². The lowest BCUT2D eigenvalue weighted by Gasteiger charge is -2.35. The van der Waals surface area contributed by atoms with Gasteiger partial charge in [0.1, 0.15) is 0 Å². The lowest BCUT2D eigenvalue weighted by Crippen LogP contribution is -2.34. The molecule has 0 radical (unpaired) electrons. The fraction of sp³-hybridized carbons (Fsp3) is 0.357. The Morgan fingerprint density at radius 3 is 2.65 bits per heavy atom. The van der Waals surface area contributed by atoms with E-state index in [1.54, 1.807) is 0 Å². The van der Waals surface area contributed by atoms with Gasteiger partial charge in [0.2, 0.25) is 5.91 Å². The zero-order valence-electron chi connectivity index (χ0n) is 9.66. The maximum atomic E-state index is 11.0. The van der Waals surface area contributed by atoms with Crippen LogP contribution in [0.25, 0.3) is 0 Å². The number of carbonyl (C=O) groups is 1. The molecule has 17 heavy (non-hydrogen) atoms. The van der Waals surface area contributed by atoms with Crippen molar-refractivity contribution >= 4 is 17.5 Å². The molecule has 1 aromatic rings. The van der Waals surface area contributed by atoms with E-state index in [0.717, 1.165) is 24.4 Å². The molecule has 0 aromatic heterocycles. The van der Waals surface area contributed by atoms with Gasteiger partial charge < -0.3 is 5.32 Å². The second-order valence-corrected chi connectivity index (χ2v) is 4.97. The first-order chi connectivity index (χ1) is 8.19. The number of hydrogen-bond donors (Lipinski definition) is 1. The third kappa shape index (κ3) is 3.10. The maximum Gasteiger partial charge on any atom is 0.243 e. The standard InChI is InChI=1S/C14H16ClNO/c1-2-14(17)16-9-10-7-12(8-10)11-3-5-13(15)6-4-11/h2-6,10,12H,1,7-9H2,(H,16,17). The molecule has 1 aliphatic carbocycles. The number of amides is 1. The van der Waals surface area contributed by atoms with E-state index in [1.807, 2.05) is 12.1 Å². The fourth-order valence-corrected chi connectivity index (χ4v) is 2.35. The highest BCUT2D eigenvalue weighted by Crippen LogP contribution is 2.41. The molecule has 0 spiro atoms. The number of hydrogen-bond acceptors (Lipinski definition) is 1. The summed E-state index contributed by atoms with van der Waals surface area (Å²) in [5, 5.41) is 3.62. The molecule has 1 N–H and O–H groups in total. The molecular weight excluding hydrogens is 234 g/mol. The van der Waals surface area contributed by atoms with Gasteiger partial charge in [0.05, 0.1) is 0 Å². The minimum atomic E-state index is -0.0834. The second kappa shape index (κ2) is 5.37. The summed E-state index contributed by atoms with van der Waals surface area (Å²) in [5.41, 5.74) is 1.35. The molecule has 1 aliphatic rings. The van der Waals surface area contributed by atoms with Crippen LogP contribution in [0, 0.1) is 5.92 Å². The molecule has 0 saturated heterocycles. The largest absolute Gasteiger partial charge is 0.352 e. The molecule has 1 aromatic carbocycles. The van der Waals surface area contributed by atoms with Crippen LogP contribution in [0.2, 0.25) is 5.02 Å².